The maximum absolute atomic E-state index is 12.9. The lowest BCUT2D eigenvalue weighted by Crippen LogP contribution is -2.27. The molecule has 0 saturated heterocycles. The average Bonchev–Trinajstić information content (AvgIpc) is 2.78. The first kappa shape index (κ1) is 20.7. The van der Waals surface area contributed by atoms with Crippen LogP contribution < -0.4 is 5.32 Å². The third kappa shape index (κ3) is 4.61. The molecule has 1 atom stereocenters. The summed E-state index contributed by atoms with van der Waals surface area (Å²) in [5.74, 6) is 0. The quantitative estimate of drug-likeness (QED) is 0.625. The Morgan fingerprint density at radius 3 is 2.53 bits per heavy atom. The fraction of sp³-hybridized carbons (Fsp3) is 0.292. The van der Waals surface area contributed by atoms with E-state index in [9.17, 15) is 8.42 Å². The molecule has 5 nitrogen and oxygen atoms in total. The molecule has 156 valence electrons. The minimum Gasteiger partial charge on any atom is -0.305 e. The van der Waals surface area contributed by atoms with E-state index in [0.29, 0.717) is 18.0 Å². The molecule has 1 heterocycles. The van der Waals surface area contributed by atoms with Crippen molar-refractivity contribution in [1.82, 2.24) is 14.6 Å². The SMILES string of the molecule is CN(Cc1ccccc1)S(=O)(=O)c1ccc(CNC2CCCc3cccnc32)cc1. The first-order valence-electron chi connectivity index (χ1n) is 10.3. The van der Waals surface area contributed by atoms with Crippen molar-refractivity contribution < 1.29 is 8.42 Å². The fourth-order valence-electron chi connectivity index (χ4n) is 3.93. The van der Waals surface area contributed by atoms with Crippen molar-refractivity contribution >= 4 is 10.0 Å². The molecule has 0 fully saturated rings. The van der Waals surface area contributed by atoms with Crippen LogP contribution in [0.5, 0.6) is 0 Å². The number of benzene rings is 2. The first-order valence-corrected chi connectivity index (χ1v) is 11.7. The van der Waals surface area contributed by atoms with Crippen molar-refractivity contribution in [3.63, 3.8) is 0 Å². The predicted molar refractivity (Wildman–Crippen MR) is 118 cm³/mol. The minimum absolute atomic E-state index is 0.246. The summed E-state index contributed by atoms with van der Waals surface area (Å²) in [7, 11) is -1.91. The number of hydrogen-bond acceptors (Lipinski definition) is 4. The van der Waals surface area contributed by atoms with E-state index in [0.717, 1.165) is 36.1 Å². The van der Waals surface area contributed by atoms with E-state index >= 15 is 0 Å². The Bertz CT molecular complexity index is 1080. The molecule has 1 unspecified atom stereocenters. The predicted octanol–water partition coefficient (Wildman–Crippen LogP) is 4.07. The van der Waals surface area contributed by atoms with Gasteiger partial charge >= 0.3 is 0 Å². The van der Waals surface area contributed by atoms with Crippen LogP contribution in [0.4, 0.5) is 0 Å². The Morgan fingerprint density at radius 1 is 1.00 bits per heavy atom. The van der Waals surface area contributed by atoms with Gasteiger partial charge in [-0.3, -0.25) is 4.98 Å². The van der Waals surface area contributed by atoms with Gasteiger partial charge in [-0.15, -0.1) is 0 Å². The second-order valence-electron chi connectivity index (χ2n) is 7.76. The maximum Gasteiger partial charge on any atom is 0.243 e. The van der Waals surface area contributed by atoms with Crippen LogP contribution in [0.1, 0.15) is 41.3 Å². The van der Waals surface area contributed by atoms with Gasteiger partial charge in [0, 0.05) is 26.3 Å². The van der Waals surface area contributed by atoms with E-state index in [4.69, 9.17) is 0 Å². The van der Waals surface area contributed by atoms with Gasteiger partial charge in [0.15, 0.2) is 0 Å². The minimum atomic E-state index is -3.53. The van der Waals surface area contributed by atoms with E-state index in [1.165, 1.54) is 9.87 Å². The molecule has 2 aromatic carbocycles. The number of pyridine rings is 1. The molecule has 0 bridgehead atoms. The van der Waals surface area contributed by atoms with Crippen LogP contribution in [0.15, 0.2) is 77.8 Å². The first-order chi connectivity index (χ1) is 14.5. The van der Waals surface area contributed by atoms with Crippen molar-refractivity contribution in [2.24, 2.45) is 0 Å². The molecule has 0 amide bonds. The molecule has 0 radical (unpaired) electrons. The Hall–Kier alpha value is -2.54. The molecule has 1 aromatic heterocycles. The molecule has 0 spiro atoms. The van der Waals surface area contributed by atoms with E-state index < -0.39 is 10.0 Å². The number of nitrogens with one attached hydrogen (secondary N) is 1. The highest BCUT2D eigenvalue weighted by Crippen LogP contribution is 2.28. The molecular formula is C24H27N3O2S. The summed E-state index contributed by atoms with van der Waals surface area (Å²) in [6, 6.07) is 21.2. The van der Waals surface area contributed by atoms with Crippen LogP contribution in [0, 0.1) is 0 Å². The molecule has 1 aliphatic carbocycles. The van der Waals surface area contributed by atoms with Crippen molar-refractivity contribution in [2.45, 2.75) is 43.3 Å². The Balaban J connectivity index is 1.40. The van der Waals surface area contributed by atoms with Gasteiger partial charge in [-0.25, -0.2) is 8.42 Å². The highest BCUT2D eigenvalue weighted by Gasteiger charge is 2.22. The van der Waals surface area contributed by atoms with Gasteiger partial charge in [-0.05, 0) is 54.2 Å². The number of hydrogen-bond donors (Lipinski definition) is 1. The number of rotatable bonds is 7. The van der Waals surface area contributed by atoms with Crippen LogP contribution >= 0.6 is 0 Å². The molecular weight excluding hydrogens is 394 g/mol. The highest BCUT2D eigenvalue weighted by atomic mass is 32.2. The molecule has 1 N–H and O–H groups in total. The molecule has 1 aliphatic rings. The molecule has 0 saturated carbocycles. The van der Waals surface area contributed by atoms with Crippen LogP contribution in [0.25, 0.3) is 0 Å². The van der Waals surface area contributed by atoms with Crippen LogP contribution in [-0.4, -0.2) is 24.8 Å². The van der Waals surface area contributed by atoms with E-state index in [1.54, 1.807) is 19.2 Å². The molecule has 30 heavy (non-hydrogen) atoms. The summed E-state index contributed by atoms with van der Waals surface area (Å²) in [6.45, 7) is 1.03. The topological polar surface area (TPSA) is 62.3 Å². The lowest BCUT2D eigenvalue weighted by atomic mass is 9.92. The number of sulfonamides is 1. The van der Waals surface area contributed by atoms with Gasteiger partial charge in [-0.1, -0.05) is 48.5 Å². The highest BCUT2D eigenvalue weighted by molar-refractivity contribution is 7.89. The standard InChI is InChI=1S/C24H27N3O2S/c1-27(18-20-7-3-2-4-8-20)30(28,29)22-14-12-19(13-15-22)17-26-23-11-5-9-21-10-6-16-25-24(21)23/h2-4,6-8,10,12-16,23,26H,5,9,11,17-18H2,1H3. The summed E-state index contributed by atoms with van der Waals surface area (Å²) >= 11 is 0. The second kappa shape index (κ2) is 9.08. The zero-order chi connectivity index (χ0) is 21.0. The van der Waals surface area contributed by atoms with Gasteiger partial charge in [0.2, 0.25) is 10.0 Å². The summed E-state index contributed by atoms with van der Waals surface area (Å²) in [4.78, 5) is 4.88. The fourth-order valence-corrected chi connectivity index (χ4v) is 5.09. The van der Waals surface area contributed by atoms with Gasteiger partial charge in [0.1, 0.15) is 0 Å². The van der Waals surface area contributed by atoms with Gasteiger partial charge in [0.05, 0.1) is 16.6 Å². The molecule has 0 aliphatic heterocycles. The Kier molecular flexibility index (Phi) is 6.27. The smallest absolute Gasteiger partial charge is 0.243 e. The lowest BCUT2D eigenvalue weighted by Gasteiger charge is -2.25. The van der Waals surface area contributed by atoms with Gasteiger partial charge < -0.3 is 5.32 Å². The lowest BCUT2D eigenvalue weighted by molar-refractivity contribution is 0.447. The van der Waals surface area contributed by atoms with E-state index in [2.05, 4.69) is 16.4 Å². The zero-order valence-corrected chi connectivity index (χ0v) is 18.0. The maximum atomic E-state index is 12.9. The van der Waals surface area contributed by atoms with Gasteiger partial charge in [-0.2, -0.15) is 4.31 Å². The van der Waals surface area contributed by atoms with E-state index in [1.807, 2.05) is 54.7 Å². The molecule has 4 rings (SSSR count). The number of aromatic nitrogens is 1. The molecule has 3 aromatic rings. The third-order valence-electron chi connectivity index (χ3n) is 5.63. The summed E-state index contributed by atoms with van der Waals surface area (Å²) in [6.07, 6.45) is 5.16. The van der Waals surface area contributed by atoms with E-state index in [-0.39, 0.29) is 6.04 Å². The largest absolute Gasteiger partial charge is 0.305 e. The molecule has 6 heteroatoms. The zero-order valence-electron chi connectivity index (χ0n) is 17.2. The third-order valence-corrected chi connectivity index (χ3v) is 7.44. The van der Waals surface area contributed by atoms with Crippen LogP contribution in [-0.2, 0) is 29.5 Å². The average molecular weight is 422 g/mol. The monoisotopic (exact) mass is 421 g/mol. The normalized spacial score (nSPS) is 16.4. The van der Waals surface area contributed by atoms with Crippen molar-refractivity contribution in [3.8, 4) is 0 Å². The number of fused-ring (bicyclic) bond motifs is 1. The Labute approximate surface area is 178 Å². The number of nitrogens with zero attached hydrogens (tertiary/aromatic N) is 2. The van der Waals surface area contributed by atoms with Crippen molar-refractivity contribution in [3.05, 3.63) is 95.3 Å². The summed E-state index contributed by atoms with van der Waals surface area (Å²) < 4.78 is 27.2. The van der Waals surface area contributed by atoms with Crippen molar-refractivity contribution in [2.75, 3.05) is 7.05 Å². The van der Waals surface area contributed by atoms with Crippen LogP contribution in [0.3, 0.4) is 0 Å². The summed E-state index contributed by atoms with van der Waals surface area (Å²) in [5.41, 5.74) is 4.49. The van der Waals surface area contributed by atoms with Gasteiger partial charge in [0.25, 0.3) is 0 Å². The number of aryl methyl sites for hydroxylation is 1. The summed E-state index contributed by atoms with van der Waals surface area (Å²) in [5, 5.41) is 3.59. The Morgan fingerprint density at radius 2 is 1.77 bits per heavy atom. The van der Waals surface area contributed by atoms with Crippen LogP contribution in [0.2, 0.25) is 0 Å². The second-order valence-corrected chi connectivity index (χ2v) is 9.81. The van der Waals surface area contributed by atoms with Crippen molar-refractivity contribution in [1.29, 1.82) is 0 Å².